The van der Waals surface area contributed by atoms with E-state index in [4.69, 9.17) is 9.15 Å². The van der Waals surface area contributed by atoms with E-state index >= 15 is 0 Å². The molecule has 0 atom stereocenters. The first-order chi connectivity index (χ1) is 12.0. The second-order valence-corrected chi connectivity index (χ2v) is 7.31. The summed E-state index contributed by atoms with van der Waals surface area (Å²) in [5.41, 5.74) is 0.711. The summed E-state index contributed by atoms with van der Waals surface area (Å²) in [4.78, 5) is 12.1. The standard InChI is InChI=1S/C16H17FN2O5S/c17-13-3-1-12(2-4-13)11-18-16(20)14-5-6-15(24-14)25(21,22)19-7-9-23-10-8-19/h1-6H,7-11H2,(H,18,20). The van der Waals surface area contributed by atoms with Crippen LogP contribution in [0.4, 0.5) is 4.39 Å². The van der Waals surface area contributed by atoms with Crippen LogP contribution in [0.25, 0.3) is 0 Å². The maximum Gasteiger partial charge on any atom is 0.287 e. The van der Waals surface area contributed by atoms with Gasteiger partial charge in [0.05, 0.1) is 13.2 Å². The lowest BCUT2D eigenvalue weighted by atomic mass is 10.2. The highest BCUT2D eigenvalue weighted by molar-refractivity contribution is 7.89. The van der Waals surface area contributed by atoms with Crippen molar-refractivity contribution in [2.75, 3.05) is 26.3 Å². The fourth-order valence-corrected chi connectivity index (χ4v) is 3.69. The summed E-state index contributed by atoms with van der Waals surface area (Å²) in [6, 6.07) is 8.26. The van der Waals surface area contributed by atoms with Gasteiger partial charge >= 0.3 is 0 Å². The van der Waals surface area contributed by atoms with Crippen LogP contribution in [0, 0.1) is 5.82 Å². The number of carbonyl (C=O) groups is 1. The first-order valence-corrected chi connectivity index (χ1v) is 9.11. The highest BCUT2D eigenvalue weighted by Crippen LogP contribution is 2.20. The molecule has 0 saturated carbocycles. The molecule has 1 N–H and O–H groups in total. The van der Waals surface area contributed by atoms with Crippen molar-refractivity contribution >= 4 is 15.9 Å². The van der Waals surface area contributed by atoms with Gasteiger partial charge in [-0.15, -0.1) is 0 Å². The fourth-order valence-electron chi connectivity index (χ4n) is 2.37. The number of sulfonamides is 1. The van der Waals surface area contributed by atoms with Crippen molar-refractivity contribution in [3.63, 3.8) is 0 Å². The van der Waals surface area contributed by atoms with Crippen LogP contribution in [0.5, 0.6) is 0 Å². The number of ether oxygens (including phenoxy) is 1. The van der Waals surface area contributed by atoms with E-state index < -0.39 is 15.9 Å². The predicted molar refractivity (Wildman–Crippen MR) is 85.9 cm³/mol. The van der Waals surface area contributed by atoms with Gasteiger partial charge in [0.1, 0.15) is 5.82 Å². The number of halogens is 1. The quantitative estimate of drug-likeness (QED) is 0.861. The van der Waals surface area contributed by atoms with Crippen molar-refractivity contribution < 1.29 is 26.8 Å². The number of nitrogens with zero attached hydrogens (tertiary/aromatic N) is 1. The van der Waals surface area contributed by atoms with E-state index in [0.717, 1.165) is 0 Å². The lowest BCUT2D eigenvalue weighted by Crippen LogP contribution is -2.40. The summed E-state index contributed by atoms with van der Waals surface area (Å²) < 4.78 is 49.4. The van der Waals surface area contributed by atoms with Gasteiger partial charge in [-0.1, -0.05) is 12.1 Å². The van der Waals surface area contributed by atoms with Crippen molar-refractivity contribution in [2.24, 2.45) is 0 Å². The van der Waals surface area contributed by atoms with Crippen LogP contribution in [0.3, 0.4) is 0 Å². The van der Waals surface area contributed by atoms with Crippen LogP contribution in [-0.4, -0.2) is 44.9 Å². The maximum absolute atomic E-state index is 12.8. The molecular formula is C16H17FN2O5S. The lowest BCUT2D eigenvalue weighted by molar-refractivity contribution is 0.0722. The zero-order valence-corrected chi connectivity index (χ0v) is 14.1. The molecule has 7 nitrogen and oxygen atoms in total. The summed E-state index contributed by atoms with van der Waals surface area (Å²) in [5, 5.41) is 2.32. The van der Waals surface area contributed by atoms with E-state index in [1.165, 1.54) is 28.6 Å². The molecule has 134 valence electrons. The van der Waals surface area contributed by atoms with Crippen LogP contribution in [-0.2, 0) is 21.3 Å². The first kappa shape index (κ1) is 17.6. The summed E-state index contributed by atoms with van der Waals surface area (Å²) >= 11 is 0. The van der Waals surface area contributed by atoms with Crippen molar-refractivity contribution in [1.29, 1.82) is 0 Å². The molecule has 0 radical (unpaired) electrons. The summed E-state index contributed by atoms with van der Waals surface area (Å²) in [5.74, 6) is -1.01. The molecule has 1 aliphatic heterocycles. The Morgan fingerprint density at radius 3 is 2.48 bits per heavy atom. The van der Waals surface area contributed by atoms with Gasteiger partial charge in [0.15, 0.2) is 5.76 Å². The monoisotopic (exact) mass is 368 g/mol. The highest BCUT2D eigenvalue weighted by Gasteiger charge is 2.29. The molecule has 25 heavy (non-hydrogen) atoms. The minimum atomic E-state index is -3.78. The molecule has 0 spiro atoms. The molecule has 9 heteroatoms. The molecule has 3 rings (SSSR count). The van der Waals surface area contributed by atoms with Crippen LogP contribution >= 0.6 is 0 Å². The zero-order valence-electron chi connectivity index (χ0n) is 13.3. The third-order valence-electron chi connectivity index (χ3n) is 3.74. The Kier molecular flexibility index (Phi) is 5.16. The molecule has 0 bridgehead atoms. The third-order valence-corrected chi connectivity index (χ3v) is 5.51. The lowest BCUT2D eigenvalue weighted by Gasteiger charge is -2.24. The van der Waals surface area contributed by atoms with Crippen molar-refractivity contribution in [3.05, 3.63) is 53.5 Å². The molecule has 0 aliphatic carbocycles. The Hall–Kier alpha value is -2.23. The van der Waals surface area contributed by atoms with Gasteiger partial charge in [-0.05, 0) is 29.8 Å². The molecule has 1 amide bonds. The Morgan fingerprint density at radius 1 is 1.12 bits per heavy atom. The van der Waals surface area contributed by atoms with Gasteiger partial charge in [-0.3, -0.25) is 4.79 Å². The molecule has 1 aromatic carbocycles. The van der Waals surface area contributed by atoms with Crippen LogP contribution in [0.1, 0.15) is 16.1 Å². The fraction of sp³-hybridized carbons (Fsp3) is 0.312. The Labute approximate surface area is 144 Å². The number of nitrogens with one attached hydrogen (secondary N) is 1. The van der Waals surface area contributed by atoms with Crippen LogP contribution in [0.2, 0.25) is 0 Å². The number of rotatable bonds is 5. The van der Waals surface area contributed by atoms with E-state index in [9.17, 15) is 17.6 Å². The number of morpholine rings is 1. The third kappa shape index (κ3) is 4.06. The number of benzene rings is 1. The Balaban J connectivity index is 1.65. The second-order valence-electron chi connectivity index (χ2n) is 5.44. The maximum atomic E-state index is 12.8. The van der Waals surface area contributed by atoms with E-state index in [2.05, 4.69) is 5.32 Å². The van der Waals surface area contributed by atoms with Gasteiger partial charge < -0.3 is 14.5 Å². The number of amides is 1. The van der Waals surface area contributed by atoms with Gasteiger partial charge in [0.25, 0.3) is 15.9 Å². The first-order valence-electron chi connectivity index (χ1n) is 7.67. The molecule has 1 fully saturated rings. The summed E-state index contributed by atoms with van der Waals surface area (Å²) in [6.07, 6.45) is 0. The highest BCUT2D eigenvalue weighted by atomic mass is 32.2. The molecule has 0 unspecified atom stereocenters. The van der Waals surface area contributed by atoms with E-state index in [1.807, 2.05) is 0 Å². The van der Waals surface area contributed by atoms with Gasteiger partial charge in [0, 0.05) is 19.6 Å². The molecule has 1 saturated heterocycles. The normalized spacial score (nSPS) is 15.9. The molecule has 1 aliphatic rings. The van der Waals surface area contributed by atoms with Gasteiger partial charge in [-0.25, -0.2) is 12.8 Å². The largest absolute Gasteiger partial charge is 0.438 e. The number of carbonyl (C=O) groups excluding carboxylic acids is 1. The number of furan rings is 1. The number of hydrogen-bond donors (Lipinski definition) is 1. The Bertz CT molecular complexity index is 842. The van der Waals surface area contributed by atoms with E-state index in [-0.39, 0.29) is 36.3 Å². The smallest absolute Gasteiger partial charge is 0.287 e. The SMILES string of the molecule is O=C(NCc1ccc(F)cc1)c1ccc(S(=O)(=O)N2CCOCC2)o1. The van der Waals surface area contributed by atoms with Gasteiger partial charge in [0.2, 0.25) is 5.09 Å². The molecule has 1 aromatic heterocycles. The minimum Gasteiger partial charge on any atom is -0.438 e. The molecule has 2 aromatic rings. The van der Waals surface area contributed by atoms with Crippen molar-refractivity contribution in [3.8, 4) is 0 Å². The average molecular weight is 368 g/mol. The van der Waals surface area contributed by atoms with Crippen LogP contribution in [0.15, 0.2) is 45.9 Å². The van der Waals surface area contributed by atoms with Crippen molar-refractivity contribution in [1.82, 2.24) is 9.62 Å². The summed E-state index contributed by atoms with van der Waals surface area (Å²) in [6.45, 7) is 1.31. The van der Waals surface area contributed by atoms with Gasteiger partial charge in [-0.2, -0.15) is 4.31 Å². The summed E-state index contributed by atoms with van der Waals surface area (Å²) in [7, 11) is -3.78. The number of hydrogen-bond acceptors (Lipinski definition) is 5. The topological polar surface area (TPSA) is 88.9 Å². The second kappa shape index (κ2) is 7.34. The predicted octanol–water partition coefficient (Wildman–Crippen LogP) is 1.37. The zero-order chi connectivity index (χ0) is 17.9. The van der Waals surface area contributed by atoms with E-state index in [0.29, 0.717) is 18.8 Å². The minimum absolute atomic E-state index is 0.103. The average Bonchev–Trinajstić information content (AvgIpc) is 3.13. The molecule has 2 heterocycles. The van der Waals surface area contributed by atoms with E-state index in [1.54, 1.807) is 12.1 Å². The van der Waals surface area contributed by atoms with Crippen LogP contribution < -0.4 is 5.32 Å². The van der Waals surface area contributed by atoms with Crippen molar-refractivity contribution in [2.45, 2.75) is 11.6 Å². The Morgan fingerprint density at radius 2 is 1.80 bits per heavy atom. The molecular weight excluding hydrogens is 351 g/mol.